The summed E-state index contributed by atoms with van der Waals surface area (Å²) >= 11 is 0. The van der Waals surface area contributed by atoms with Gasteiger partial charge in [-0.3, -0.25) is 0 Å². The lowest BCUT2D eigenvalue weighted by atomic mass is 9.70. The summed E-state index contributed by atoms with van der Waals surface area (Å²) in [7, 11) is 0. The van der Waals surface area contributed by atoms with Gasteiger partial charge in [0.15, 0.2) is 11.7 Å². The Morgan fingerprint density at radius 3 is 1.04 bits per heavy atom. The van der Waals surface area contributed by atoms with E-state index in [0.29, 0.717) is 23.5 Å². The highest BCUT2D eigenvalue weighted by atomic mass is 16.6. The smallest absolute Gasteiger partial charge is 0.170 e. The first-order valence-electron chi connectivity index (χ1n) is 18.4. The summed E-state index contributed by atoms with van der Waals surface area (Å²) in [6.07, 6.45) is 7.17. The zero-order chi connectivity index (χ0) is 34.3. The summed E-state index contributed by atoms with van der Waals surface area (Å²) in [4.78, 5) is 13.0. The molecule has 4 N–H and O–H groups in total. The van der Waals surface area contributed by atoms with Gasteiger partial charge in [-0.15, -0.1) is 0 Å². The van der Waals surface area contributed by atoms with Crippen molar-refractivity contribution in [1.82, 2.24) is 0 Å². The van der Waals surface area contributed by atoms with E-state index in [-0.39, 0.29) is 57.5 Å². The number of rotatable bonds is 10. The zero-order valence-corrected chi connectivity index (χ0v) is 31.7. The fourth-order valence-electron chi connectivity index (χ4n) is 10.7. The molecule has 4 aliphatic carbocycles. The second kappa shape index (κ2) is 11.7. The van der Waals surface area contributed by atoms with Gasteiger partial charge in [-0.1, -0.05) is 107 Å². The number of nitrogens with zero attached hydrogens (tertiary/aromatic N) is 2. The highest BCUT2D eigenvalue weighted by Crippen LogP contribution is 2.67. The molecule has 4 saturated carbocycles. The zero-order valence-electron chi connectivity index (χ0n) is 31.7. The number of amidine groups is 2. The van der Waals surface area contributed by atoms with Crippen LogP contribution in [0.5, 0.6) is 0 Å². The maximum atomic E-state index is 7.08. The molecule has 4 bridgehead atoms. The van der Waals surface area contributed by atoms with Crippen molar-refractivity contribution in [2.75, 3.05) is 0 Å². The van der Waals surface area contributed by atoms with Crippen LogP contribution in [-0.2, 0) is 9.68 Å². The molecule has 0 aromatic heterocycles. The minimum atomic E-state index is 0.0795. The number of fused-ring (bicyclic) bond motifs is 4. The third-order valence-electron chi connectivity index (χ3n) is 14.5. The second-order valence-electron chi connectivity index (χ2n) is 18.4. The highest BCUT2D eigenvalue weighted by Gasteiger charge is 2.64. The molecule has 6 nitrogen and oxygen atoms in total. The van der Waals surface area contributed by atoms with Crippen molar-refractivity contribution in [3.63, 3.8) is 0 Å². The van der Waals surface area contributed by atoms with E-state index in [1.165, 1.54) is 47.9 Å². The number of hydrogen-bond acceptors (Lipinski definition) is 4. The van der Waals surface area contributed by atoms with Gasteiger partial charge in [0.1, 0.15) is 12.2 Å². The van der Waals surface area contributed by atoms with Gasteiger partial charge in [0.2, 0.25) is 0 Å². The van der Waals surface area contributed by atoms with Crippen LogP contribution in [-0.4, -0.2) is 23.9 Å². The van der Waals surface area contributed by atoms with E-state index in [9.17, 15) is 0 Å². The number of benzene rings is 1. The molecule has 0 amide bonds. The second-order valence-corrected chi connectivity index (χ2v) is 18.4. The van der Waals surface area contributed by atoms with Crippen LogP contribution in [0, 0.1) is 33.5 Å². The highest BCUT2D eigenvalue weighted by molar-refractivity contribution is 6.06. The Hall–Kier alpha value is -2.24. The van der Waals surface area contributed by atoms with Crippen molar-refractivity contribution in [2.24, 2.45) is 55.3 Å². The monoisotopic (exact) mass is 635 g/mol. The Morgan fingerprint density at radius 2 is 0.848 bits per heavy atom. The average Bonchev–Trinajstić information content (AvgIpc) is 3.48. The molecule has 0 saturated heterocycles. The van der Waals surface area contributed by atoms with Crippen LogP contribution in [0.1, 0.15) is 193 Å². The molecule has 4 aliphatic rings. The van der Waals surface area contributed by atoms with Gasteiger partial charge in [0.25, 0.3) is 0 Å². The van der Waals surface area contributed by atoms with E-state index in [1.54, 1.807) is 0 Å². The largest absolute Gasteiger partial charge is 0.390 e. The van der Waals surface area contributed by atoms with Gasteiger partial charge in [-0.05, 0) is 107 Å². The average molecular weight is 635 g/mol. The van der Waals surface area contributed by atoms with Gasteiger partial charge in [-0.25, -0.2) is 0 Å². The minimum Gasteiger partial charge on any atom is -0.390 e. The molecular formula is C40H66N4O2. The van der Waals surface area contributed by atoms with E-state index >= 15 is 0 Å². The fraction of sp³-hybridized carbons (Fsp3) is 0.800. The predicted molar refractivity (Wildman–Crippen MR) is 192 cm³/mol. The van der Waals surface area contributed by atoms with Crippen LogP contribution in [0.2, 0.25) is 0 Å². The lowest BCUT2D eigenvalue weighted by Gasteiger charge is -2.37. The molecule has 4 fully saturated rings. The van der Waals surface area contributed by atoms with Crippen molar-refractivity contribution in [2.45, 2.75) is 171 Å². The Morgan fingerprint density at radius 1 is 0.565 bits per heavy atom. The Labute approximate surface area is 280 Å². The molecule has 5 rings (SSSR count). The molecule has 258 valence electrons. The van der Waals surface area contributed by atoms with Crippen molar-refractivity contribution >= 4 is 11.7 Å². The molecule has 1 aromatic carbocycles. The number of oxime groups is 2. The summed E-state index contributed by atoms with van der Waals surface area (Å²) in [5.74, 6) is 3.08. The summed E-state index contributed by atoms with van der Waals surface area (Å²) in [5, 5.41) is 9.61. The third-order valence-corrected chi connectivity index (χ3v) is 14.5. The van der Waals surface area contributed by atoms with Crippen LogP contribution < -0.4 is 11.5 Å². The lowest BCUT2D eigenvalue weighted by molar-refractivity contribution is -0.0447. The molecule has 0 spiro atoms. The SMILES string of the molecule is CC(C)c1c(/C(N)=N/OC2CC3CCC2(C)C3(C)C)c(C(C)C)c(C(C)C)c(/C(N)=N/OC2CC3CCC2(C)C3(C)C)c1C(C)C. The topological polar surface area (TPSA) is 95.2 Å². The summed E-state index contributed by atoms with van der Waals surface area (Å²) < 4.78 is 0. The van der Waals surface area contributed by atoms with Crippen LogP contribution in [0.3, 0.4) is 0 Å². The van der Waals surface area contributed by atoms with Gasteiger partial charge in [0, 0.05) is 22.0 Å². The Bertz CT molecular complexity index is 1260. The van der Waals surface area contributed by atoms with Crippen LogP contribution >= 0.6 is 0 Å². The van der Waals surface area contributed by atoms with E-state index in [1.807, 2.05) is 0 Å². The lowest BCUT2D eigenvalue weighted by Crippen LogP contribution is -2.37. The first-order valence-corrected chi connectivity index (χ1v) is 18.4. The van der Waals surface area contributed by atoms with Gasteiger partial charge >= 0.3 is 0 Å². The van der Waals surface area contributed by atoms with Gasteiger partial charge in [0.05, 0.1) is 0 Å². The minimum absolute atomic E-state index is 0.0795. The Kier molecular flexibility index (Phi) is 8.94. The molecular weight excluding hydrogens is 568 g/mol. The van der Waals surface area contributed by atoms with Crippen molar-refractivity contribution in [3.8, 4) is 0 Å². The first-order chi connectivity index (χ1) is 21.2. The Balaban J connectivity index is 1.63. The molecule has 1 aromatic rings. The van der Waals surface area contributed by atoms with E-state index < -0.39 is 0 Å². The van der Waals surface area contributed by atoms with Crippen molar-refractivity contribution in [1.29, 1.82) is 0 Å². The normalized spacial score (nSPS) is 33.3. The standard InChI is InChI=1S/C40H66N4O2/c1-21(2)29-30(22(3)4)34(36(42)44-46-28-20-26-16-18-40(28,14)38(26,11)12)32(24(7)8)31(23(5)6)33(29)35(41)43-45-27-19-25-15-17-39(27,13)37(25,9)10/h21-28H,15-20H2,1-14H3,(H2,41,43)(H2,42,44). The van der Waals surface area contributed by atoms with Crippen LogP contribution in [0.15, 0.2) is 10.3 Å². The molecule has 6 unspecified atom stereocenters. The summed E-state index contributed by atoms with van der Waals surface area (Å²) in [5.41, 5.74) is 21.7. The molecule has 6 heteroatoms. The summed E-state index contributed by atoms with van der Waals surface area (Å²) in [6, 6.07) is 0. The molecule has 0 heterocycles. The molecule has 0 radical (unpaired) electrons. The fourth-order valence-corrected chi connectivity index (χ4v) is 10.7. The van der Waals surface area contributed by atoms with Crippen LogP contribution in [0.25, 0.3) is 0 Å². The third kappa shape index (κ3) is 5.00. The predicted octanol–water partition coefficient (Wildman–Crippen LogP) is 9.88. The summed E-state index contributed by atoms with van der Waals surface area (Å²) in [6.45, 7) is 32.4. The number of hydrogen-bond donors (Lipinski definition) is 2. The molecule has 0 aliphatic heterocycles. The first kappa shape index (κ1) is 35.1. The molecule has 6 atom stereocenters. The van der Waals surface area contributed by atoms with Crippen molar-refractivity contribution < 1.29 is 9.68 Å². The van der Waals surface area contributed by atoms with Gasteiger partial charge in [-0.2, -0.15) is 0 Å². The maximum Gasteiger partial charge on any atom is 0.170 e. The molecule has 46 heavy (non-hydrogen) atoms. The van der Waals surface area contributed by atoms with Gasteiger partial charge < -0.3 is 21.1 Å². The number of nitrogens with two attached hydrogens (primary N) is 2. The van der Waals surface area contributed by atoms with E-state index in [4.69, 9.17) is 31.5 Å². The van der Waals surface area contributed by atoms with Crippen LogP contribution in [0.4, 0.5) is 0 Å². The maximum absolute atomic E-state index is 7.08. The quantitative estimate of drug-likeness (QED) is 0.152. The van der Waals surface area contributed by atoms with E-state index in [0.717, 1.165) is 24.0 Å². The van der Waals surface area contributed by atoms with E-state index in [2.05, 4.69) is 96.9 Å². The van der Waals surface area contributed by atoms with Crippen molar-refractivity contribution in [3.05, 3.63) is 33.4 Å².